The molecule has 0 fully saturated rings. The number of unbranched alkanes of at least 4 members (excludes halogenated alkanes) is 1. The van der Waals surface area contributed by atoms with Crippen molar-refractivity contribution in [1.29, 1.82) is 5.26 Å². The molecule has 0 aliphatic carbocycles. The van der Waals surface area contributed by atoms with Crippen LogP contribution in [0.4, 0.5) is 0 Å². The first-order valence-corrected chi connectivity index (χ1v) is 9.22. The van der Waals surface area contributed by atoms with Crippen LogP contribution in [0.1, 0.15) is 25.3 Å². The molecule has 1 aromatic heterocycles. The van der Waals surface area contributed by atoms with Crippen LogP contribution in [0.25, 0.3) is 11.3 Å². The maximum absolute atomic E-state index is 12.1. The van der Waals surface area contributed by atoms with E-state index in [-0.39, 0.29) is 11.1 Å². The van der Waals surface area contributed by atoms with Gasteiger partial charge in [-0.25, -0.2) is 4.98 Å². The van der Waals surface area contributed by atoms with Crippen molar-refractivity contribution in [2.45, 2.75) is 29.8 Å². The van der Waals surface area contributed by atoms with Gasteiger partial charge < -0.3 is 4.98 Å². The molecule has 2 rings (SSSR count). The van der Waals surface area contributed by atoms with Gasteiger partial charge in [0.25, 0.3) is 5.56 Å². The van der Waals surface area contributed by atoms with Crippen molar-refractivity contribution in [3.05, 3.63) is 40.2 Å². The number of nitrogens with zero attached hydrogens (tertiary/aromatic N) is 2. The summed E-state index contributed by atoms with van der Waals surface area (Å²) in [6.45, 7) is 2.16. The minimum Gasteiger partial charge on any atom is -0.300 e. The quantitative estimate of drug-likeness (QED) is 0.493. The lowest BCUT2D eigenvalue weighted by Crippen LogP contribution is -2.14. The smallest absolute Gasteiger partial charge is 0.270 e. The van der Waals surface area contributed by atoms with E-state index in [9.17, 15) is 10.1 Å². The van der Waals surface area contributed by atoms with Crippen molar-refractivity contribution in [2.24, 2.45) is 0 Å². The van der Waals surface area contributed by atoms with E-state index in [2.05, 4.69) is 16.9 Å². The van der Waals surface area contributed by atoms with E-state index in [0.29, 0.717) is 10.9 Å². The third kappa shape index (κ3) is 3.73. The number of benzene rings is 1. The number of nitriles is 1. The third-order valence-corrected chi connectivity index (χ3v) is 4.84. The summed E-state index contributed by atoms with van der Waals surface area (Å²) < 4.78 is 0. The van der Waals surface area contributed by atoms with Crippen LogP contribution in [0.15, 0.2) is 39.1 Å². The molecule has 0 amide bonds. The van der Waals surface area contributed by atoms with E-state index in [0.717, 1.165) is 29.1 Å². The molecule has 0 aliphatic rings. The minimum absolute atomic E-state index is 0.0707. The molecule has 114 valence electrons. The van der Waals surface area contributed by atoms with Crippen molar-refractivity contribution in [2.75, 3.05) is 12.0 Å². The van der Waals surface area contributed by atoms with Crippen molar-refractivity contribution in [3.8, 4) is 17.3 Å². The molecule has 0 aliphatic heterocycles. The Hall–Kier alpha value is -1.71. The topological polar surface area (TPSA) is 69.5 Å². The molecule has 1 heterocycles. The highest BCUT2D eigenvalue weighted by atomic mass is 32.2. The first kappa shape index (κ1) is 16.7. The van der Waals surface area contributed by atoms with Crippen molar-refractivity contribution in [3.63, 3.8) is 0 Å². The highest BCUT2D eigenvalue weighted by Crippen LogP contribution is 2.32. The van der Waals surface area contributed by atoms with E-state index >= 15 is 0 Å². The van der Waals surface area contributed by atoms with Crippen LogP contribution in [0.3, 0.4) is 0 Å². The number of H-pyrrole nitrogens is 1. The summed E-state index contributed by atoms with van der Waals surface area (Å²) >= 11 is 3.09. The van der Waals surface area contributed by atoms with Crippen molar-refractivity contribution in [1.82, 2.24) is 9.97 Å². The first-order chi connectivity index (χ1) is 10.7. The molecule has 1 N–H and O–H groups in total. The van der Waals surface area contributed by atoms with Crippen LogP contribution in [-0.2, 0) is 0 Å². The number of nitrogens with one attached hydrogen (secondary N) is 1. The van der Waals surface area contributed by atoms with Gasteiger partial charge in [-0.15, -0.1) is 11.8 Å². The van der Waals surface area contributed by atoms with Gasteiger partial charge in [-0.1, -0.05) is 43.3 Å². The predicted molar refractivity (Wildman–Crippen MR) is 92.4 cm³/mol. The molecule has 0 radical (unpaired) electrons. The normalized spacial score (nSPS) is 10.4. The molecular weight excluding hydrogens is 314 g/mol. The van der Waals surface area contributed by atoms with Gasteiger partial charge >= 0.3 is 0 Å². The Morgan fingerprint density at radius 2 is 2.14 bits per heavy atom. The van der Waals surface area contributed by atoms with E-state index in [1.54, 1.807) is 11.8 Å². The molecule has 0 spiro atoms. The maximum Gasteiger partial charge on any atom is 0.270 e. The number of hydrogen-bond donors (Lipinski definition) is 1. The first-order valence-electron chi connectivity index (χ1n) is 7.01. The fraction of sp³-hybridized carbons (Fsp3) is 0.312. The SMILES string of the molecule is CCCCSc1ccccc1-c1nc(SC)[nH]c(=O)c1C#N. The monoisotopic (exact) mass is 331 g/mol. The minimum atomic E-state index is -0.384. The summed E-state index contributed by atoms with van der Waals surface area (Å²) in [4.78, 5) is 20.2. The van der Waals surface area contributed by atoms with Gasteiger partial charge in [0.15, 0.2) is 5.16 Å². The van der Waals surface area contributed by atoms with Gasteiger partial charge in [0, 0.05) is 10.5 Å². The standard InChI is InChI=1S/C16H17N3OS2/c1-3-4-9-22-13-8-6-5-7-11(13)14-12(10-17)15(20)19-16(18-14)21-2/h5-8H,3-4,9H2,1-2H3,(H,18,19,20). The highest BCUT2D eigenvalue weighted by Gasteiger charge is 2.16. The molecule has 6 heteroatoms. The van der Waals surface area contributed by atoms with Crippen molar-refractivity contribution >= 4 is 23.5 Å². The maximum atomic E-state index is 12.1. The molecule has 0 saturated carbocycles. The second kappa shape index (κ2) is 8.06. The average molecular weight is 331 g/mol. The molecule has 2 aromatic rings. The van der Waals surface area contributed by atoms with Gasteiger partial charge in [-0.3, -0.25) is 4.79 Å². The molecule has 4 nitrogen and oxygen atoms in total. The summed E-state index contributed by atoms with van der Waals surface area (Å²) in [6.07, 6.45) is 4.11. The van der Waals surface area contributed by atoms with Crippen LogP contribution in [0, 0.1) is 11.3 Å². The lowest BCUT2D eigenvalue weighted by atomic mass is 10.1. The zero-order chi connectivity index (χ0) is 15.9. The molecule has 1 aromatic carbocycles. The van der Waals surface area contributed by atoms with Crippen LogP contribution in [-0.4, -0.2) is 22.0 Å². The second-order valence-electron chi connectivity index (χ2n) is 4.61. The van der Waals surface area contributed by atoms with E-state index < -0.39 is 0 Å². The molecular formula is C16H17N3OS2. The number of aromatic amines is 1. The lowest BCUT2D eigenvalue weighted by molar-refractivity contribution is 0.896. The lowest BCUT2D eigenvalue weighted by Gasteiger charge is -2.10. The van der Waals surface area contributed by atoms with E-state index in [1.807, 2.05) is 36.6 Å². The second-order valence-corrected chi connectivity index (χ2v) is 6.54. The van der Waals surface area contributed by atoms with Crippen molar-refractivity contribution < 1.29 is 0 Å². The van der Waals surface area contributed by atoms with E-state index in [4.69, 9.17) is 0 Å². The molecule has 0 atom stereocenters. The Balaban J connectivity index is 2.54. The summed E-state index contributed by atoms with van der Waals surface area (Å²) in [5, 5.41) is 9.83. The summed E-state index contributed by atoms with van der Waals surface area (Å²) in [5.41, 5.74) is 1.00. The highest BCUT2D eigenvalue weighted by molar-refractivity contribution is 7.99. The van der Waals surface area contributed by atoms with Crippen LogP contribution in [0.2, 0.25) is 0 Å². The van der Waals surface area contributed by atoms with Gasteiger partial charge in [0.05, 0.1) is 5.69 Å². The predicted octanol–water partition coefficient (Wildman–Crippen LogP) is 3.92. The Labute approximate surface area is 138 Å². The van der Waals surface area contributed by atoms with Crippen LogP contribution < -0.4 is 5.56 Å². The van der Waals surface area contributed by atoms with Crippen LogP contribution in [0.5, 0.6) is 0 Å². The van der Waals surface area contributed by atoms with Gasteiger partial charge in [-0.05, 0) is 24.5 Å². The number of thioether (sulfide) groups is 2. The summed E-state index contributed by atoms with van der Waals surface area (Å²) in [5.74, 6) is 1.01. The summed E-state index contributed by atoms with van der Waals surface area (Å²) in [6, 6.07) is 9.78. The fourth-order valence-electron chi connectivity index (χ4n) is 1.96. The Kier molecular flexibility index (Phi) is 6.10. The average Bonchev–Trinajstić information content (AvgIpc) is 2.54. The third-order valence-electron chi connectivity index (χ3n) is 3.10. The molecule has 0 bridgehead atoms. The molecule has 0 saturated heterocycles. The van der Waals surface area contributed by atoms with Gasteiger partial charge in [0.1, 0.15) is 11.6 Å². The zero-order valence-corrected chi connectivity index (χ0v) is 14.2. The fourth-order valence-corrected chi connectivity index (χ4v) is 3.49. The largest absolute Gasteiger partial charge is 0.300 e. The summed E-state index contributed by atoms with van der Waals surface area (Å²) in [7, 11) is 0. The Bertz CT molecular complexity index is 750. The van der Waals surface area contributed by atoms with Crippen LogP contribution >= 0.6 is 23.5 Å². The number of hydrogen-bond acceptors (Lipinski definition) is 5. The van der Waals surface area contributed by atoms with E-state index in [1.165, 1.54) is 11.8 Å². The molecule has 0 unspecified atom stereocenters. The number of rotatable bonds is 6. The Morgan fingerprint density at radius 1 is 1.36 bits per heavy atom. The van der Waals surface area contributed by atoms with Gasteiger partial charge in [0.2, 0.25) is 0 Å². The zero-order valence-electron chi connectivity index (χ0n) is 12.5. The Morgan fingerprint density at radius 3 is 2.82 bits per heavy atom. The molecule has 22 heavy (non-hydrogen) atoms. The van der Waals surface area contributed by atoms with Gasteiger partial charge in [-0.2, -0.15) is 5.26 Å². The number of aromatic nitrogens is 2.